The van der Waals surface area contributed by atoms with Gasteiger partial charge in [-0.15, -0.1) is 0 Å². The number of hydrogen-bond donors (Lipinski definition) is 14. The summed E-state index contributed by atoms with van der Waals surface area (Å²) in [4.78, 5) is 48.5. The summed E-state index contributed by atoms with van der Waals surface area (Å²) in [5.74, 6) is -4.09. The summed E-state index contributed by atoms with van der Waals surface area (Å²) in [6.45, 7) is 0.485. The van der Waals surface area contributed by atoms with E-state index in [2.05, 4.69) is 16.0 Å². The van der Waals surface area contributed by atoms with Crippen molar-refractivity contribution < 1.29 is 109 Å². The highest BCUT2D eigenvalue weighted by Crippen LogP contribution is 2.34. The van der Waals surface area contributed by atoms with Crippen LogP contribution in [0.1, 0.15) is 20.8 Å². The molecule has 4 rings (SSSR count). The summed E-state index contributed by atoms with van der Waals surface area (Å²) in [5.41, 5.74) is 0. The van der Waals surface area contributed by atoms with Crippen LogP contribution >= 0.6 is 0 Å². The van der Waals surface area contributed by atoms with Gasteiger partial charge in [-0.2, -0.15) is 0 Å². The Morgan fingerprint density at radius 2 is 0.945 bits per heavy atom. The van der Waals surface area contributed by atoms with Gasteiger partial charge in [0.25, 0.3) is 0 Å². The van der Waals surface area contributed by atoms with Gasteiger partial charge in [0.05, 0.1) is 19.8 Å². The summed E-state index contributed by atoms with van der Waals surface area (Å²) in [6.07, 6.45) is -31.8. The fourth-order valence-corrected chi connectivity index (χ4v) is 6.73. The molecule has 3 amide bonds. The lowest BCUT2D eigenvalue weighted by atomic mass is 9.93. The van der Waals surface area contributed by atoms with Crippen molar-refractivity contribution in [3.8, 4) is 0 Å². The van der Waals surface area contributed by atoms with Crippen LogP contribution in [0.5, 0.6) is 0 Å². The predicted molar refractivity (Wildman–Crippen MR) is 169 cm³/mol. The van der Waals surface area contributed by atoms with Crippen LogP contribution in [0.3, 0.4) is 0 Å². The number of amides is 3. The molecule has 4 aliphatic rings. The maximum atomic E-state index is 12.5. The number of ether oxygens (including phenoxy) is 7. The minimum atomic E-state index is -2.26. The van der Waals surface area contributed by atoms with Crippen molar-refractivity contribution in [1.82, 2.24) is 16.0 Å². The number of aliphatic carboxylic acids is 1. The number of aliphatic hydroxyl groups excluding tert-OH is 10. The topological polar surface area (TPSA) is 392 Å². The van der Waals surface area contributed by atoms with E-state index in [1.54, 1.807) is 0 Å². The standard InChI is InChI=1S/C30H49N3O22/c1-7(37)31-13-18(42)16(40)10(4-34)50-28(13)52-22-12(6-36)51-29(14(19(22)43)32-8(2)38)54-24-20(44)21(45)30(55-25(24)26(46)47)53-23-15(33-9(3)39)27(48)49-11(5-35)17(23)41/h10-25,27-30,34-36,40-45,48H,4-6H2,1-3H3,(H,31,37)(H,32,38)(H,33,39)(H,46,47)/t10-,11-,12-,13-,14-,15-,16-,17-,18-,19-,20-,21-,22+,23-,24-,25+,27-,28-,29-,30+/m1/s1. The highest BCUT2D eigenvalue weighted by atomic mass is 16.8. The van der Waals surface area contributed by atoms with Crippen LogP contribution in [0.2, 0.25) is 0 Å². The Bertz CT molecular complexity index is 1330. The van der Waals surface area contributed by atoms with Gasteiger partial charge in [0.2, 0.25) is 17.7 Å². The molecule has 0 bridgehead atoms. The van der Waals surface area contributed by atoms with Crippen molar-refractivity contribution in [3.63, 3.8) is 0 Å². The van der Waals surface area contributed by atoms with E-state index in [1.807, 2.05) is 0 Å². The third-order valence-electron chi connectivity index (χ3n) is 9.38. The molecule has 316 valence electrons. The minimum absolute atomic E-state index is 0.709. The van der Waals surface area contributed by atoms with E-state index >= 15 is 0 Å². The number of rotatable bonds is 13. The molecule has 0 aromatic heterocycles. The molecule has 0 radical (unpaired) electrons. The fourth-order valence-electron chi connectivity index (χ4n) is 6.73. The Balaban J connectivity index is 1.59. The molecule has 4 heterocycles. The van der Waals surface area contributed by atoms with Gasteiger partial charge in [-0.3, -0.25) is 14.4 Å². The van der Waals surface area contributed by atoms with E-state index in [9.17, 15) is 75.3 Å². The number of carbonyl (C=O) groups excluding carboxylic acids is 3. The third-order valence-corrected chi connectivity index (χ3v) is 9.38. The third kappa shape index (κ3) is 10.0. The first-order valence-electron chi connectivity index (χ1n) is 17.1. The van der Waals surface area contributed by atoms with Crippen LogP contribution < -0.4 is 16.0 Å². The van der Waals surface area contributed by atoms with Gasteiger partial charge in [0.15, 0.2) is 31.3 Å². The molecule has 4 aliphatic heterocycles. The van der Waals surface area contributed by atoms with E-state index in [0.717, 1.165) is 20.8 Å². The molecule has 20 atom stereocenters. The molecular weight excluding hydrogens is 754 g/mol. The van der Waals surface area contributed by atoms with Crippen molar-refractivity contribution in [2.45, 2.75) is 143 Å². The maximum absolute atomic E-state index is 12.5. The largest absolute Gasteiger partial charge is 0.479 e. The molecule has 4 saturated heterocycles. The van der Waals surface area contributed by atoms with Crippen molar-refractivity contribution in [3.05, 3.63) is 0 Å². The lowest BCUT2D eigenvalue weighted by molar-refractivity contribution is -0.367. The first-order chi connectivity index (χ1) is 25.8. The second kappa shape index (κ2) is 19.1. The number of carboxylic acids is 1. The van der Waals surface area contributed by atoms with E-state index in [1.165, 1.54) is 0 Å². The van der Waals surface area contributed by atoms with E-state index in [-0.39, 0.29) is 0 Å². The number of nitrogens with one attached hydrogen (secondary N) is 3. The zero-order valence-electron chi connectivity index (χ0n) is 29.6. The van der Waals surface area contributed by atoms with Crippen LogP contribution in [0.15, 0.2) is 0 Å². The van der Waals surface area contributed by atoms with Crippen LogP contribution in [-0.2, 0) is 52.3 Å². The zero-order chi connectivity index (χ0) is 41.0. The Kier molecular flexibility index (Phi) is 15.6. The second-order valence-corrected chi connectivity index (χ2v) is 13.4. The zero-order valence-corrected chi connectivity index (χ0v) is 29.6. The van der Waals surface area contributed by atoms with Gasteiger partial charge in [-0.05, 0) is 0 Å². The first-order valence-corrected chi connectivity index (χ1v) is 17.1. The lowest BCUT2D eigenvalue weighted by Crippen LogP contribution is -2.71. The van der Waals surface area contributed by atoms with E-state index < -0.39 is 166 Å². The highest BCUT2D eigenvalue weighted by Gasteiger charge is 2.57. The van der Waals surface area contributed by atoms with E-state index in [4.69, 9.17) is 33.2 Å². The SMILES string of the molecule is CC(=O)N[C@@H]1[C@@H](O[C@H]2O[C@H](C(=O)O)[C@H](O[C@H]3O[C@H](CO)[C@H](O[C@H]4O[C@H](CO)[C@@H](O)[C@H](O)[C@H]4NC(C)=O)[C@H](O)[C@H]3NC(C)=O)[C@H](O)[C@H]2O)[C@H](O)[C@@H](CO)O[C@H]1O. The number of hydrogen-bond acceptors (Lipinski definition) is 21. The molecule has 0 spiro atoms. The van der Waals surface area contributed by atoms with Crippen LogP contribution in [-0.4, -0.2) is 222 Å². The average molecular weight is 804 g/mol. The molecule has 0 aromatic rings. The van der Waals surface area contributed by atoms with Gasteiger partial charge in [0, 0.05) is 20.8 Å². The summed E-state index contributed by atoms with van der Waals surface area (Å²) in [7, 11) is 0. The number of carbonyl (C=O) groups is 4. The Hall–Kier alpha value is -2.80. The van der Waals surface area contributed by atoms with Gasteiger partial charge in [-0.1, -0.05) is 0 Å². The van der Waals surface area contributed by atoms with Crippen molar-refractivity contribution in [2.24, 2.45) is 0 Å². The highest BCUT2D eigenvalue weighted by molar-refractivity contribution is 5.74. The van der Waals surface area contributed by atoms with Gasteiger partial charge >= 0.3 is 5.97 Å². The molecule has 55 heavy (non-hydrogen) atoms. The Morgan fingerprint density at radius 1 is 0.491 bits per heavy atom. The van der Waals surface area contributed by atoms with Crippen LogP contribution in [0.4, 0.5) is 0 Å². The molecule has 25 nitrogen and oxygen atoms in total. The smallest absolute Gasteiger partial charge is 0.335 e. The quantitative estimate of drug-likeness (QED) is 0.0822. The van der Waals surface area contributed by atoms with Gasteiger partial charge in [-0.25, -0.2) is 4.79 Å². The van der Waals surface area contributed by atoms with Crippen LogP contribution in [0.25, 0.3) is 0 Å². The van der Waals surface area contributed by atoms with Crippen molar-refractivity contribution >= 4 is 23.7 Å². The Labute approximate surface area is 311 Å². The molecule has 0 aliphatic carbocycles. The molecular formula is C30H49N3O22. The molecule has 0 aromatic carbocycles. The van der Waals surface area contributed by atoms with Crippen LogP contribution in [0, 0.1) is 0 Å². The van der Waals surface area contributed by atoms with Gasteiger partial charge < -0.3 is 105 Å². The Morgan fingerprint density at radius 3 is 1.45 bits per heavy atom. The normalized spacial score (nSPS) is 45.0. The summed E-state index contributed by atoms with van der Waals surface area (Å²) in [6, 6.07) is -4.79. The molecule has 25 heteroatoms. The molecule has 0 saturated carbocycles. The number of aliphatic hydroxyl groups is 10. The average Bonchev–Trinajstić information content (AvgIpc) is 3.11. The fraction of sp³-hybridized carbons (Fsp3) is 0.867. The summed E-state index contributed by atoms with van der Waals surface area (Å²) in [5, 5.41) is 123. The molecule has 0 unspecified atom stereocenters. The second-order valence-electron chi connectivity index (χ2n) is 13.4. The summed E-state index contributed by atoms with van der Waals surface area (Å²) >= 11 is 0. The van der Waals surface area contributed by atoms with Crippen molar-refractivity contribution in [2.75, 3.05) is 19.8 Å². The summed E-state index contributed by atoms with van der Waals surface area (Å²) < 4.78 is 39.0. The predicted octanol–water partition coefficient (Wildman–Crippen LogP) is -9.23. The molecule has 14 N–H and O–H groups in total. The lowest BCUT2D eigenvalue weighted by Gasteiger charge is -2.50. The van der Waals surface area contributed by atoms with E-state index in [0.29, 0.717) is 0 Å². The number of carboxylic acid groups (broad SMARTS) is 1. The monoisotopic (exact) mass is 803 g/mol. The minimum Gasteiger partial charge on any atom is -0.479 e. The van der Waals surface area contributed by atoms with Gasteiger partial charge in [0.1, 0.15) is 91.4 Å². The first kappa shape index (κ1) is 44.9. The van der Waals surface area contributed by atoms with Crippen molar-refractivity contribution in [1.29, 1.82) is 0 Å². The maximum Gasteiger partial charge on any atom is 0.335 e. The molecule has 4 fully saturated rings.